The lowest BCUT2D eigenvalue weighted by atomic mass is 9.93. The molecule has 3 fully saturated rings. The van der Waals surface area contributed by atoms with Gasteiger partial charge in [-0.25, -0.2) is 0 Å². The maximum atomic E-state index is 12.7. The van der Waals surface area contributed by atoms with Crippen LogP contribution in [0.25, 0.3) is 0 Å². The van der Waals surface area contributed by atoms with Gasteiger partial charge in [0.15, 0.2) is 0 Å². The summed E-state index contributed by atoms with van der Waals surface area (Å²) in [7, 11) is 0. The van der Waals surface area contributed by atoms with Gasteiger partial charge in [0, 0.05) is 36.8 Å². The van der Waals surface area contributed by atoms with E-state index in [4.69, 9.17) is 4.42 Å². The molecule has 27 heavy (non-hydrogen) atoms. The molecular weight excluding hydrogens is 342 g/mol. The molecule has 0 unspecified atom stereocenters. The van der Waals surface area contributed by atoms with Crippen molar-refractivity contribution in [3.05, 3.63) is 36.0 Å². The van der Waals surface area contributed by atoms with Gasteiger partial charge in [-0.05, 0) is 56.6 Å². The summed E-state index contributed by atoms with van der Waals surface area (Å²) in [5.41, 5.74) is 1.64. The average Bonchev–Trinajstić information content (AvgIpc) is 3.61. The van der Waals surface area contributed by atoms with Crippen molar-refractivity contribution in [1.29, 1.82) is 0 Å². The number of aromatic nitrogens is 3. The van der Waals surface area contributed by atoms with Crippen LogP contribution in [0.5, 0.6) is 0 Å². The van der Waals surface area contributed by atoms with Crippen LogP contribution >= 0.6 is 0 Å². The second-order valence-electron chi connectivity index (χ2n) is 8.34. The maximum Gasteiger partial charge on any atom is 0.316 e. The Labute approximate surface area is 158 Å². The van der Waals surface area contributed by atoms with E-state index < -0.39 is 0 Å². The second kappa shape index (κ2) is 6.32. The number of anilines is 1. The molecule has 5 rings (SSSR count). The molecule has 3 atom stereocenters. The van der Waals surface area contributed by atoms with Gasteiger partial charge in [0.05, 0.1) is 0 Å². The highest BCUT2D eigenvalue weighted by Gasteiger charge is 2.46. The predicted octanol–water partition coefficient (Wildman–Crippen LogP) is 2.94. The fraction of sp³-hybridized carbons (Fsp3) is 0.600. The number of hydrogen-bond donors (Lipinski definition) is 1. The summed E-state index contributed by atoms with van der Waals surface area (Å²) in [6.07, 6.45) is 7.76. The number of amides is 1. The Hall–Kier alpha value is -2.44. The lowest BCUT2D eigenvalue weighted by Crippen LogP contribution is -2.45. The smallest absolute Gasteiger partial charge is 0.316 e. The molecule has 142 valence electrons. The Bertz CT molecular complexity index is 822. The second-order valence-corrected chi connectivity index (χ2v) is 8.34. The number of nitrogens with one attached hydrogen (secondary N) is 1. The van der Waals surface area contributed by atoms with E-state index >= 15 is 0 Å². The van der Waals surface area contributed by atoms with Gasteiger partial charge in [0.2, 0.25) is 11.8 Å². The molecule has 3 aliphatic rings. The van der Waals surface area contributed by atoms with Crippen molar-refractivity contribution < 1.29 is 9.21 Å². The van der Waals surface area contributed by atoms with Gasteiger partial charge in [0.1, 0.15) is 6.04 Å². The molecule has 1 amide bonds. The Morgan fingerprint density at radius 2 is 2.04 bits per heavy atom. The quantitative estimate of drug-likeness (QED) is 0.875. The third-order valence-corrected chi connectivity index (χ3v) is 6.42. The summed E-state index contributed by atoms with van der Waals surface area (Å²) in [4.78, 5) is 19.1. The van der Waals surface area contributed by atoms with Crippen LogP contribution in [-0.2, 0) is 4.79 Å². The molecule has 2 aromatic heterocycles. The van der Waals surface area contributed by atoms with Crippen LogP contribution in [0.2, 0.25) is 0 Å². The van der Waals surface area contributed by atoms with Gasteiger partial charge < -0.3 is 14.6 Å². The molecule has 1 saturated heterocycles. The fourth-order valence-electron chi connectivity index (χ4n) is 4.23. The third kappa shape index (κ3) is 3.31. The van der Waals surface area contributed by atoms with E-state index in [0.29, 0.717) is 23.2 Å². The summed E-state index contributed by atoms with van der Waals surface area (Å²) in [6.45, 7) is 3.60. The number of likely N-dealkylation sites (tertiary alicyclic amines) is 1. The Balaban J connectivity index is 1.17. The molecule has 2 aliphatic carbocycles. The topological polar surface area (TPSA) is 84.1 Å². The molecule has 0 radical (unpaired) electrons. The van der Waals surface area contributed by atoms with Crippen LogP contribution in [0.1, 0.15) is 62.4 Å². The van der Waals surface area contributed by atoms with Crippen molar-refractivity contribution in [1.82, 2.24) is 20.1 Å². The van der Waals surface area contributed by atoms with Crippen molar-refractivity contribution in [2.75, 3.05) is 18.4 Å². The van der Waals surface area contributed by atoms with Crippen LogP contribution in [-0.4, -0.2) is 45.1 Å². The van der Waals surface area contributed by atoms with Crippen LogP contribution < -0.4 is 5.32 Å². The monoisotopic (exact) mass is 367 g/mol. The minimum absolute atomic E-state index is 0.114. The Morgan fingerprint density at radius 1 is 1.22 bits per heavy atom. The molecule has 0 aromatic carbocycles. The summed E-state index contributed by atoms with van der Waals surface area (Å²) in [5, 5.41) is 11.3. The zero-order valence-electron chi connectivity index (χ0n) is 15.6. The van der Waals surface area contributed by atoms with Crippen LogP contribution in [0.3, 0.4) is 0 Å². The predicted molar refractivity (Wildman–Crippen MR) is 99.2 cm³/mol. The first-order chi connectivity index (χ1) is 13.1. The van der Waals surface area contributed by atoms with Crippen molar-refractivity contribution in [2.24, 2.45) is 5.41 Å². The molecule has 7 heteroatoms. The van der Waals surface area contributed by atoms with Crippen molar-refractivity contribution >= 4 is 11.9 Å². The highest BCUT2D eigenvalue weighted by atomic mass is 16.4. The molecule has 2 saturated carbocycles. The number of piperidine rings is 1. The summed E-state index contributed by atoms with van der Waals surface area (Å²) in [5.74, 6) is 1.32. The third-order valence-electron chi connectivity index (χ3n) is 6.42. The molecule has 0 bridgehead atoms. The first-order valence-corrected chi connectivity index (χ1v) is 9.93. The van der Waals surface area contributed by atoms with E-state index in [9.17, 15) is 4.79 Å². The number of carbonyl (C=O) groups is 1. The van der Waals surface area contributed by atoms with E-state index in [2.05, 4.69) is 20.5 Å². The van der Waals surface area contributed by atoms with E-state index in [-0.39, 0.29) is 17.9 Å². The van der Waals surface area contributed by atoms with Crippen LogP contribution in [0.4, 0.5) is 6.01 Å². The Kier molecular flexibility index (Phi) is 3.91. The van der Waals surface area contributed by atoms with E-state index in [1.165, 1.54) is 12.8 Å². The van der Waals surface area contributed by atoms with Crippen molar-refractivity contribution in [2.45, 2.75) is 56.9 Å². The molecule has 1 N–H and O–H groups in total. The first-order valence-electron chi connectivity index (χ1n) is 9.93. The standard InChI is InChI=1S/C20H25N5O2/c1-13(18(26)25-10-7-20(5-6-20)8-11-25)22-19-24-23-17(27-19)15-12-14(15)16-4-2-3-9-21-16/h2-4,9,13-15H,5-8,10-12H2,1H3,(H,22,24)/t13-,14-,15-/m1/s1. The zero-order chi connectivity index (χ0) is 18.4. The van der Waals surface area contributed by atoms with Gasteiger partial charge in [-0.15, -0.1) is 5.10 Å². The minimum atomic E-state index is -0.364. The summed E-state index contributed by atoms with van der Waals surface area (Å²) >= 11 is 0. The first kappa shape index (κ1) is 16.7. The molecule has 7 nitrogen and oxygen atoms in total. The SMILES string of the molecule is C[C@@H](Nc1nnc([C@@H]2C[C@H]2c2ccccn2)o1)C(=O)N1CCC2(CC1)CC2. The highest BCUT2D eigenvalue weighted by Crippen LogP contribution is 2.54. The fourth-order valence-corrected chi connectivity index (χ4v) is 4.23. The maximum absolute atomic E-state index is 12.7. The van der Waals surface area contributed by atoms with Crippen molar-refractivity contribution in [3.8, 4) is 0 Å². The van der Waals surface area contributed by atoms with E-state index in [0.717, 1.165) is 38.0 Å². The number of carbonyl (C=O) groups excluding carboxylic acids is 1. The lowest BCUT2D eigenvalue weighted by molar-refractivity contribution is -0.133. The summed E-state index contributed by atoms with van der Waals surface area (Å²) < 4.78 is 5.78. The summed E-state index contributed by atoms with van der Waals surface area (Å²) in [6, 6.07) is 5.91. The normalized spacial score (nSPS) is 26.6. The van der Waals surface area contributed by atoms with Crippen molar-refractivity contribution in [3.63, 3.8) is 0 Å². The van der Waals surface area contributed by atoms with Gasteiger partial charge in [-0.1, -0.05) is 11.2 Å². The minimum Gasteiger partial charge on any atom is -0.408 e. The van der Waals surface area contributed by atoms with Gasteiger partial charge in [0.25, 0.3) is 0 Å². The van der Waals surface area contributed by atoms with E-state index in [1.807, 2.05) is 36.2 Å². The van der Waals surface area contributed by atoms with Gasteiger partial charge in [-0.3, -0.25) is 9.78 Å². The molecule has 3 heterocycles. The number of hydrogen-bond acceptors (Lipinski definition) is 6. The number of rotatable bonds is 5. The number of pyridine rings is 1. The highest BCUT2D eigenvalue weighted by molar-refractivity contribution is 5.83. The van der Waals surface area contributed by atoms with Crippen LogP contribution in [0.15, 0.2) is 28.8 Å². The molecule has 1 spiro atoms. The van der Waals surface area contributed by atoms with E-state index in [1.54, 1.807) is 0 Å². The average molecular weight is 367 g/mol. The van der Waals surface area contributed by atoms with Gasteiger partial charge in [-0.2, -0.15) is 0 Å². The Morgan fingerprint density at radius 3 is 2.74 bits per heavy atom. The molecule has 1 aliphatic heterocycles. The lowest BCUT2D eigenvalue weighted by Gasteiger charge is -2.33. The largest absolute Gasteiger partial charge is 0.408 e. The zero-order valence-corrected chi connectivity index (χ0v) is 15.6. The van der Waals surface area contributed by atoms with Crippen LogP contribution in [0, 0.1) is 5.41 Å². The van der Waals surface area contributed by atoms with Gasteiger partial charge >= 0.3 is 6.01 Å². The molecular formula is C20H25N5O2. The molecule has 2 aromatic rings. The number of nitrogens with zero attached hydrogens (tertiary/aromatic N) is 4.